The van der Waals surface area contributed by atoms with E-state index in [1.165, 1.54) is 12.1 Å². The fraction of sp³-hybridized carbons (Fsp3) is 0.364. The summed E-state index contributed by atoms with van der Waals surface area (Å²) in [7, 11) is 0. The molecule has 17 heavy (non-hydrogen) atoms. The van der Waals surface area contributed by atoms with Crippen LogP contribution in [0.4, 0.5) is 11.4 Å². The topological polar surface area (TPSA) is 72.2 Å². The van der Waals surface area contributed by atoms with Crippen molar-refractivity contribution in [3.63, 3.8) is 0 Å². The van der Waals surface area contributed by atoms with Crippen LogP contribution >= 0.6 is 11.6 Å². The molecule has 1 N–H and O–H groups in total. The van der Waals surface area contributed by atoms with Gasteiger partial charge in [-0.25, -0.2) is 0 Å². The van der Waals surface area contributed by atoms with Gasteiger partial charge in [0.05, 0.1) is 15.6 Å². The van der Waals surface area contributed by atoms with Gasteiger partial charge in [-0.3, -0.25) is 14.9 Å². The minimum absolute atomic E-state index is 0.0549. The zero-order chi connectivity index (χ0) is 12.8. The molecule has 0 radical (unpaired) electrons. The monoisotopic (exact) mass is 254 g/mol. The smallest absolute Gasteiger partial charge is 0.271 e. The van der Waals surface area contributed by atoms with Crippen molar-refractivity contribution in [3.05, 3.63) is 32.8 Å². The summed E-state index contributed by atoms with van der Waals surface area (Å²) in [6.07, 6.45) is 0.440. The van der Waals surface area contributed by atoms with Crippen molar-refractivity contribution >= 4 is 28.9 Å². The molecule has 5 nitrogen and oxygen atoms in total. The summed E-state index contributed by atoms with van der Waals surface area (Å²) in [6, 6.07) is 2.71. The number of rotatable bonds is 1. The molecule has 1 aromatic rings. The summed E-state index contributed by atoms with van der Waals surface area (Å²) in [5, 5.41) is 13.6. The van der Waals surface area contributed by atoms with E-state index in [1.54, 1.807) is 13.8 Å². The van der Waals surface area contributed by atoms with Crippen molar-refractivity contribution in [1.82, 2.24) is 0 Å². The van der Waals surface area contributed by atoms with Crippen molar-refractivity contribution in [2.24, 2.45) is 5.41 Å². The number of hydrogen-bond acceptors (Lipinski definition) is 3. The molecule has 0 fully saturated rings. The summed E-state index contributed by atoms with van der Waals surface area (Å²) < 4.78 is 0. The van der Waals surface area contributed by atoms with E-state index in [9.17, 15) is 14.9 Å². The summed E-state index contributed by atoms with van der Waals surface area (Å²) in [5.74, 6) is -0.124. The first kappa shape index (κ1) is 11.9. The maximum absolute atomic E-state index is 11.7. The third-order valence-corrected chi connectivity index (χ3v) is 3.15. The van der Waals surface area contributed by atoms with Crippen LogP contribution in [0.2, 0.25) is 5.02 Å². The number of anilines is 1. The van der Waals surface area contributed by atoms with Gasteiger partial charge in [0, 0.05) is 17.5 Å². The fourth-order valence-electron chi connectivity index (χ4n) is 1.87. The number of non-ortho nitro benzene ring substituents is 1. The van der Waals surface area contributed by atoms with Gasteiger partial charge in [0.2, 0.25) is 5.91 Å². The SMILES string of the molecule is CC1(C)Cc2cc([N+](=O)[O-])cc(Cl)c2NC1=O. The highest BCUT2D eigenvalue weighted by Gasteiger charge is 2.35. The molecule has 0 saturated carbocycles. The molecule has 0 aromatic heterocycles. The van der Waals surface area contributed by atoms with Gasteiger partial charge in [-0.2, -0.15) is 0 Å². The second-order valence-electron chi connectivity index (χ2n) is 4.73. The molecule has 0 aliphatic carbocycles. The second-order valence-corrected chi connectivity index (χ2v) is 5.14. The van der Waals surface area contributed by atoms with Gasteiger partial charge in [0.1, 0.15) is 0 Å². The predicted molar refractivity (Wildman–Crippen MR) is 64.2 cm³/mol. The van der Waals surface area contributed by atoms with Crippen molar-refractivity contribution in [2.75, 3.05) is 5.32 Å². The molecule has 0 bridgehead atoms. The van der Waals surface area contributed by atoms with Crippen LogP contribution in [0, 0.1) is 15.5 Å². The summed E-state index contributed by atoms with van der Waals surface area (Å²) in [6.45, 7) is 3.58. The lowest BCUT2D eigenvalue weighted by atomic mass is 9.81. The maximum Gasteiger partial charge on any atom is 0.271 e. The van der Waals surface area contributed by atoms with Crippen molar-refractivity contribution in [3.8, 4) is 0 Å². The van der Waals surface area contributed by atoms with Crippen LogP contribution in [0.15, 0.2) is 12.1 Å². The number of carbonyl (C=O) groups excluding carboxylic acids is 1. The Morgan fingerprint density at radius 3 is 2.71 bits per heavy atom. The van der Waals surface area contributed by atoms with Gasteiger partial charge < -0.3 is 5.32 Å². The molecular formula is C11H11ClN2O3. The Bertz CT molecular complexity index is 526. The van der Waals surface area contributed by atoms with Gasteiger partial charge in [-0.05, 0) is 12.0 Å². The van der Waals surface area contributed by atoms with E-state index in [2.05, 4.69) is 5.32 Å². The highest BCUT2D eigenvalue weighted by molar-refractivity contribution is 6.34. The van der Waals surface area contributed by atoms with E-state index < -0.39 is 10.3 Å². The zero-order valence-electron chi connectivity index (χ0n) is 9.41. The largest absolute Gasteiger partial charge is 0.324 e. The summed E-state index contributed by atoms with van der Waals surface area (Å²) in [5.41, 5.74) is 0.557. The molecule has 1 aromatic carbocycles. The number of nitro groups is 1. The van der Waals surface area contributed by atoms with E-state index in [4.69, 9.17) is 11.6 Å². The number of nitro benzene ring substituents is 1. The number of nitrogens with zero attached hydrogens (tertiary/aromatic N) is 1. The lowest BCUT2D eigenvalue weighted by molar-refractivity contribution is -0.384. The molecule has 1 heterocycles. The molecular weight excluding hydrogens is 244 g/mol. The predicted octanol–water partition coefficient (Wildman–Crippen LogP) is 2.77. The zero-order valence-corrected chi connectivity index (χ0v) is 10.2. The number of fused-ring (bicyclic) bond motifs is 1. The molecule has 1 amide bonds. The van der Waals surface area contributed by atoms with Crippen LogP contribution in [-0.2, 0) is 11.2 Å². The quantitative estimate of drug-likeness (QED) is 0.619. The van der Waals surface area contributed by atoms with Crippen LogP contribution < -0.4 is 5.32 Å². The number of benzene rings is 1. The van der Waals surface area contributed by atoms with E-state index in [0.29, 0.717) is 17.7 Å². The Kier molecular flexibility index (Phi) is 2.58. The van der Waals surface area contributed by atoms with Crippen LogP contribution in [0.25, 0.3) is 0 Å². The van der Waals surface area contributed by atoms with Crippen molar-refractivity contribution in [2.45, 2.75) is 20.3 Å². The second kappa shape index (κ2) is 3.70. The third kappa shape index (κ3) is 1.98. The van der Waals surface area contributed by atoms with Crippen molar-refractivity contribution < 1.29 is 9.72 Å². The number of hydrogen-bond donors (Lipinski definition) is 1. The van der Waals surface area contributed by atoms with E-state index in [1.807, 2.05) is 0 Å². The van der Waals surface area contributed by atoms with Gasteiger partial charge in [-0.1, -0.05) is 25.4 Å². The first-order valence-electron chi connectivity index (χ1n) is 5.09. The normalized spacial score (nSPS) is 17.2. The lowest BCUT2D eigenvalue weighted by Crippen LogP contribution is -2.37. The van der Waals surface area contributed by atoms with Crippen molar-refractivity contribution in [1.29, 1.82) is 0 Å². The molecule has 0 unspecified atom stereocenters. The Morgan fingerprint density at radius 2 is 2.12 bits per heavy atom. The molecule has 2 rings (SSSR count). The molecule has 0 saturated heterocycles. The third-order valence-electron chi connectivity index (χ3n) is 2.85. The maximum atomic E-state index is 11.7. The van der Waals surface area contributed by atoms with Gasteiger partial charge in [0.15, 0.2) is 0 Å². The Hall–Kier alpha value is -1.62. The summed E-state index contributed by atoms with van der Waals surface area (Å²) in [4.78, 5) is 22.0. The Balaban J connectivity index is 2.56. The van der Waals surface area contributed by atoms with E-state index in [-0.39, 0.29) is 16.6 Å². The minimum Gasteiger partial charge on any atom is -0.324 e. The fourth-order valence-corrected chi connectivity index (χ4v) is 2.15. The summed E-state index contributed by atoms with van der Waals surface area (Å²) >= 11 is 5.93. The van der Waals surface area contributed by atoms with Crippen LogP contribution in [0.3, 0.4) is 0 Å². The molecule has 0 atom stereocenters. The van der Waals surface area contributed by atoms with Gasteiger partial charge in [0.25, 0.3) is 5.69 Å². The lowest BCUT2D eigenvalue weighted by Gasteiger charge is -2.30. The minimum atomic E-state index is -0.578. The van der Waals surface area contributed by atoms with Gasteiger partial charge >= 0.3 is 0 Å². The highest BCUT2D eigenvalue weighted by atomic mass is 35.5. The number of halogens is 1. The first-order chi connectivity index (χ1) is 7.81. The Morgan fingerprint density at radius 1 is 1.47 bits per heavy atom. The highest BCUT2D eigenvalue weighted by Crippen LogP contribution is 2.39. The number of amides is 1. The number of nitrogens with one attached hydrogen (secondary N) is 1. The van der Waals surface area contributed by atoms with Gasteiger partial charge in [-0.15, -0.1) is 0 Å². The molecule has 6 heteroatoms. The van der Waals surface area contributed by atoms with E-state index >= 15 is 0 Å². The van der Waals surface area contributed by atoms with Crippen LogP contribution in [-0.4, -0.2) is 10.8 Å². The standard InChI is InChI=1S/C11H11ClN2O3/c1-11(2)5-6-3-7(14(16)17)4-8(12)9(6)13-10(11)15/h3-4H,5H2,1-2H3,(H,13,15). The molecule has 90 valence electrons. The van der Waals surface area contributed by atoms with E-state index in [0.717, 1.165) is 0 Å². The van der Waals surface area contributed by atoms with Crippen LogP contribution in [0.1, 0.15) is 19.4 Å². The Labute approximate surface area is 103 Å². The number of carbonyl (C=O) groups is 1. The molecule has 1 aliphatic heterocycles. The average Bonchev–Trinajstić information content (AvgIpc) is 2.20. The average molecular weight is 255 g/mol. The molecule has 1 aliphatic rings. The van der Waals surface area contributed by atoms with Crippen LogP contribution in [0.5, 0.6) is 0 Å². The molecule has 0 spiro atoms. The first-order valence-corrected chi connectivity index (χ1v) is 5.47.